The van der Waals surface area contributed by atoms with Gasteiger partial charge in [-0.05, 0) is 49.9 Å². The molecule has 4 rings (SSSR count). The summed E-state index contributed by atoms with van der Waals surface area (Å²) in [6.07, 6.45) is 3.84. The highest BCUT2D eigenvalue weighted by Gasteiger charge is 2.33. The molecule has 1 aliphatic heterocycles. The molecule has 1 aliphatic rings. The van der Waals surface area contributed by atoms with Crippen LogP contribution < -0.4 is 0 Å². The van der Waals surface area contributed by atoms with E-state index >= 15 is 0 Å². The molecule has 3 heterocycles. The molecule has 1 aromatic carbocycles. The highest BCUT2D eigenvalue weighted by Crippen LogP contribution is 2.32. The predicted octanol–water partition coefficient (Wildman–Crippen LogP) is 3.65. The first-order valence-corrected chi connectivity index (χ1v) is 8.60. The van der Waals surface area contributed by atoms with E-state index in [0.717, 1.165) is 35.9 Å². The summed E-state index contributed by atoms with van der Waals surface area (Å²) in [5.41, 5.74) is 4.14. The number of likely N-dealkylation sites (tertiary alicyclic amines) is 1. The molecule has 0 aliphatic carbocycles. The van der Waals surface area contributed by atoms with Crippen molar-refractivity contribution in [3.8, 4) is 0 Å². The van der Waals surface area contributed by atoms with Crippen molar-refractivity contribution in [3.05, 3.63) is 46.8 Å². The van der Waals surface area contributed by atoms with Crippen molar-refractivity contribution in [2.75, 3.05) is 6.54 Å². The average Bonchev–Trinajstić information content (AvgIpc) is 3.29. The monoisotopic (exact) mass is 339 g/mol. The summed E-state index contributed by atoms with van der Waals surface area (Å²) >= 11 is 0. The molecule has 0 spiro atoms. The Morgan fingerprint density at radius 3 is 2.84 bits per heavy atom. The lowest BCUT2D eigenvalue weighted by Gasteiger charge is -2.22. The number of furan rings is 1. The first-order valence-electron chi connectivity index (χ1n) is 8.60. The van der Waals surface area contributed by atoms with Crippen molar-refractivity contribution < 1.29 is 13.7 Å². The van der Waals surface area contributed by atoms with E-state index in [1.807, 2.05) is 11.0 Å². The lowest BCUT2D eigenvalue weighted by Crippen LogP contribution is -2.32. The zero-order valence-electron chi connectivity index (χ0n) is 14.7. The summed E-state index contributed by atoms with van der Waals surface area (Å²) in [6, 6.07) is 4.03. The number of benzene rings is 1. The molecule has 6 heteroatoms. The number of carbonyl (C=O) groups is 1. The molecule has 3 aromatic rings. The number of rotatable bonds is 3. The zero-order valence-corrected chi connectivity index (χ0v) is 14.7. The van der Waals surface area contributed by atoms with Gasteiger partial charge in [-0.3, -0.25) is 4.79 Å². The van der Waals surface area contributed by atoms with Crippen molar-refractivity contribution in [2.24, 2.45) is 0 Å². The van der Waals surface area contributed by atoms with Crippen LogP contribution in [0.3, 0.4) is 0 Å². The highest BCUT2D eigenvalue weighted by molar-refractivity contribution is 5.88. The van der Waals surface area contributed by atoms with Gasteiger partial charge in [0.25, 0.3) is 0 Å². The molecule has 1 saturated heterocycles. The minimum absolute atomic E-state index is 0.0749. The minimum Gasteiger partial charge on any atom is -0.464 e. The average molecular weight is 339 g/mol. The number of hydrogen-bond donors (Lipinski definition) is 0. The van der Waals surface area contributed by atoms with Gasteiger partial charge >= 0.3 is 0 Å². The number of hydrogen-bond acceptors (Lipinski definition) is 5. The summed E-state index contributed by atoms with van der Waals surface area (Å²) < 4.78 is 10.7. The van der Waals surface area contributed by atoms with Gasteiger partial charge in [0.15, 0.2) is 5.82 Å². The molecule has 0 bridgehead atoms. The van der Waals surface area contributed by atoms with Gasteiger partial charge in [-0.1, -0.05) is 5.16 Å². The maximum Gasteiger partial charge on any atom is 0.227 e. The van der Waals surface area contributed by atoms with Crippen LogP contribution in [0.2, 0.25) is 0 Å². The van der Waals surface area contributed by atoms with Gasteiger partial charge < -0.3 is 13.8 Å². The van der Waals surface area contributed by atoms with Crippen molar-refractivity contribution in [2.45, 2.75) is 46.1 Å². The van der Waals surface area contributed by atoms with Crippen LogP contribution in [-0.2, 0) is 11.2 Å². The SMILES string of the molecule is Cc1nc(C2CCCN2C(=O)Cc2coc3cc(C)c(C)cc23)no1. The molecule has 1 fully saturated rings. The third kappa shape index (κ3) is 2.81. The van der Waals surface area contributed by atoms with E-state index in [1.165, 1.54) is 11.1 Å². The van der Waals surface area contributed by atoms with Gasteiger partial charge in [0.05, 0.1) is 18.7 Å². The van der Waals surface area contributed by atoms with Gasteiger partial charge in [0, 0.05) is 24.4 Å². The fourth-order valence-corrected chi connectivity index (χ4v) is 3.52. The van der Waals surface area contributed by atoms with Gasteiger partial charge in [-0.15, -0.1) is 0 Å². The van der Waals surface area contributed by atoms with Crippen LogP contribution in [0.25, 0.3) is 11.0 Å². The Morgan fingerprint density at radius 1 is 1.28 bits per heavy atom. The Balaban J connectivity index is 1.58. The Morgan fingerprint density at radius 2 is 2.08 bits per heavy atom. The van der Waals surface area contributed by atoms with Gasteiger partial charge in [0.1, 0.15) is 5.58 Å². The number of nitrogens with zero attached hydrogens (tertiary/aromatic N) is 3. The first kappa shape index (κ1) is 15.9. The quantitative estimate of drug-likeness (QED) is 0.728. The number of aromatic nitrogens is 2. The summed E-state index contributed by atoms with van der Waals surface area (Å²) in [4.78, 5) is 19.1. The lowest BCUT2D eigenvalue weighted by molar-refractivity contribution is -0.131. The van der Waals surface area contributed by atoms with Crippen LogP contribution in [-0.4, -0.2) is 27.5 Å². The Kier molecular flexibility index (Phi) is 3.82. The Hall–Kier alpha value is -2.63. The number of fused-ring (bicyclic) bond motifs is 1. The van der Waals surface area contributed by atoms with E-state index in [1.54, 1.807) is 13.2 Å². The maximum absolute atomic E-state index is 12.9. The number of aryl methyl sites for hydroxylation is 3. The molecule has 2 aromatic heterocycles. The van der Waals surface area contributed by atoms with Crippen LogP contribution in [0.5, 0.6) is 0 Å². The third-order valence-corrected chi connectivity index (χ3v) is 5.03. The number of amides is 1. The largest absolute Gasteiger partial charge is 0.464 e. The van der Waals surface area contributed by atoms with Crippen molar-refractivity contribution in [1.29, 1.82) is 0 Å². The van der Waals surface area contributed by atoms with Crippen molar-refractivity contribution >= 4 is 16.9 Å². The van der Waals surface area contributed by atoms with Crippen LogP contribution in [0.4, 0.5) is 0 Å². The highest BCUT2D eigenvalue weighted by atomic mass is 16.5. The summed E-state index contributed by atoms with van der Waals surface area (Å²) in [7, 11) is 0. The molecule has 0 radical (unpaired) electrons. The minimum atomic E-state index is -0.0907. The van der Waals surface area contributed by atoms with Crippen molar-refractivity contribution in [1.82, 2.24) is 15.0 Å². The van der Waals surface area contributed by atoms with Gasteiger partial charge in [-0.2, -0.15) is 4.98 Å². The van der Waals surface area contributed by atoms with E-state index in [9.17, 15) is 4.79 Å². The normalized spacial score (nSPS) is 17.6. The standard InChI is InChI=1S/C19H21N3O3/c1-11-7-15-14(10-24-17(15)8-12(11)2)9-18(23)22-6-4-5-16(22)19-20-13(3)25-21-19/h7-8,10,16H,4-6,9H2,1-3H3. The Labute approximate surface area is 145 Å². The second-order valence-corrected chi connectivity index (χ2v) is 6.79. The fourth-order valence-electron chi connectivity index (χ4n) is 3.52. The van der Waals surface area contributed by atoms with Crippen LogP contribution in [0, 0.1) is 20.8 Å². The second kappa shape index (κ2) is 6.02. The smallest absolute Gasteiger partial charge is 0.227 e. The van der Waals surface area contributed by atoms with E-state index in [0.29, 0.717) is 18.1 Å². The van der Waals surface area contributed by atoms with Crippen LogP contribution >= 0.6 is 0 Å². The van der Waals surface area contributed by atoms with E-state index in [-0.39, 0.29) is 11.9 Å². The third-order valence-electron chi connectivity index (χ3n) is 5.03. The molecule has 130 valence electrons. The first-order chi connectivity index (χ1) is 12.0. The van der Waals surface area contributed by atoms with Crippen LogP contribution in [0.15, 0.2) is 27.3 Å². The molecule has 6 nitrogen and oxygen atoms in total. The molecule has 25 heavy (non-hydrogen) atoms. The fraction of sp³-hybridized carbons (Fsp3) is 0.421. The maximum atomic E-state index is 12.9. The van der Waals surface area contributed by atoms with E-state index in [4.69, 9.17) is 8.94 Å². The molecule has 0 N–H and O–H groups in total. The molecule has 1 unspecified atom stereocenters. The van der Waals surface area contributed by atoms with Gasteiger partial charge in [-0.25, -0.2) is 0 Å². The summed E-state index contributed by atoms with van der Waals surface area (Å²) in [6.45, 7) is 6.62. The molecule has 1 amide bonds. The van der Waals surface area contributed by atoms with Gasteiger partial charge in [0.2, 0.25) is 11.8 Å². The number of carbonyl (C=O) groups excluding carboxylic acids is 1. The van der Waals surface area contributed by atoms with E-state index < -0.39 is 0 Å². The van der Waals surface area contributed by atoms with Crippen molar-refractivity contribution in [3.63, 3.8) is 0 Å². The summed E-state index contributed by atoms with van der Waals surface area (Å²) in [5.74, 6) is 1.21. The predicted molar refractivity (Wildman–Crippen MR) is 92.1 cm³/mol. The van der Waals surface area contributed by atoms with Crippen LogP contribution in [0.1, 0.15) is 47.3 Å². The summed E-state index contributed by atoms with van der Waals surface area (Å²) in [5, 5.41) is 5.02. The Bertz CT molecular complexity index is 941. The topological polar surface area (TPSA) is 72.4 Å². The molecule has 1 atom stereocenters. The molecular formula is C19H21N3O3. The molecule has 0 saturated carbocycles. The lowest BCUT2D eigenvalue weighted by atomic mass is 10.0. The van der Waals surface area contributed by atoms with E-state index in [2.05, 4.69) is 30.1 Å². The zero-order chi connectivity index (χ0) is 17.6. The second-order valence-electron chi connectivity index (χ2n) is 6.79. The molecular weight excluding hydrogens is 318 g/mol.